The van der Waals surface area contributed by atoms with Crippen LogP contribution in [0.25, 0.3) is 6.08 Å². The number of benzene rings is 1. The molecule has 0 atom stereocenters. The molecule has 1 aromatic carbocycles. The fourth-order valence-electron chi connectivity index (χ4n) is 3.79. The molecule has 4 rings (SSSR count). The molecular weight excluding hydrogens is 384 g/mol. The Kier molecular flexibility index (Phi) is 6.39. The summed E-state index contributed by atoms with van der Waals surface area (Å²) in [6, 6.07) is 13.9. The maximum absolute atomic E-state index is 12.7. The predicted octanol–water partition coefficient (Wildman–Crippen LogP) is 5.33. The zero-order valence-corrected chi connectivity index (χ0v) is 17.3. The van der Waals surface area contributed by atoms with Gasteiger partial charge in [0.15, 0.2) is 5.88 Å². The molecule has 0 radical (unpaired) electrons. The van der Waals surface area contributed by atoms with Gasteiger partial charge in [-0.2, -0.15) is 0 Å². The molecule has 0 unspecified atom stereocenters. The van der Waals surface area contributed by atoms with Crippen LogP contribution in [0.4, 0.5) is 10.7 Å². The van der Waals surface area contributed by atoms with Crippen molar-refractivity contribution in [3.05, 3.63) is 58.7 Å². The first-order valence-electron chi connectivity index (χ1n) is 10.3. The summed E-state index contributed by atoms with van der Waals surface area (Å²) in [6.45, 7) is 2.45. The van der Waals surface area contributed by atoms with Gasteiger partial charge in [0.2, 0.25) is 0 Å². The zero-order chi connectivity index (χ0) is 20.1. The molecule has 6 heteroatoms. The summed E-state index contributed by atoms with van der Waals surface area (Å²) in [7, 11) is 0. The van der Waals surface area contributed by atoms with Gasteiger partial charge in [-0.25, -0.2) is 0 Å². The Morgan fingerprint density at radius 1 is 0.966 bits per heavy atom. The summed E-state index contributed by atoms with van der Waals surface area (Å²) >= 11 is 0.996. The van der Waals surface area contributed by atoms with E-state index in [9.17, 15) is 9.59 Å². The van der Waals surface area contributed by atoms with Crippen LogP contribution >= 0.6 is 11.8 Å². The molecule has 3 heterocycles. The van der Waals surface area contributed by atoms with Crippen molar-refractivity contribution in [2.24, 2.45) is 0 Å². The predicted molar refractivity (Wildman–Crippen MR) is 117 cm³/mol. The van der Waals surface area contributed by atoms with E-state index in [-0.39, 0.29) is 11.1 Å². The van der Waals surface area contributed by atoms with Crippen LogP contribution in [0.15, 0.2) is 51.8 Å². The minimum absolute atomic E-state index is 0.200. The van der Waals surface area contributed by atoms with E-state index in [2.05, 4.69) is 17.0 Å². The molecule has 2 saturated heterocycles. The van der Waals surface area contributed by atoms with Crippen molar-refractivity contribution in [3.8, 4) is 0 Å². The van der Waals surface area contributed by atoms with Crippen molar-refractivity contribution in [2.45, 2.75) is 38.5 Å². The van der Waals surface area contributed by atoms with Gasteiger partial charge in [0.05, 0.1) is 4.91 Å². The Labute approximate surface area is 175 Å². The number of thioether (sulfide) groups is 1. The summed E-state index contributed by atoms with van der Waals surface area (Å²) in [5, 5.41) is -0.200. The molecule has 152 valence electrons. The second-order valence-corrected chi connectivity index (χ2v) is 8.49. The van der Waals surface area contributed by atoms with Crippen LogP contribution in [-0.2, 0) is 11.2 Å². The third-order valence-electron chi connectivity index (χ3n) is 5.37. The summed E-state index contributed by atoms with van der Waals surface area (Å²) < 4.78 is 5.95. The van der Waals surface area contributed by atoms with Gasteiger partial charge in [-0.1, -0.05) is 43.2 Å². The van der Waals surface area contributed by atoms with Crippen molar-refractivity contribution in [2.75, 3.05) is 24.5 Å². The van der Waals surface area contributed by atoms with Crippen LogP contribution in [0.1, 0.15) is 43.4 Å². The van der Waals surface area contributed by atoms with E-state index in [1.807, 2.05) is 30.3 Å². The van der Waals surface area contributed by atoms with E-state index in [4.69, 9.17) is 4.42 Å². The number of anilines is 1. The van der Waals surface area contributed by atoms with Gasteiger partial charge in [0.1, 0.15) is 5.76 Å². The lowest BCUT2D eigenvalue weighted by atomic mass is 10.1. The Morgan fingerprint density at radius 2 is 1.72 bits per heavy atom. The fourth-order valence-corrected chi connectivity index (χ4v) is 4.63. The number of hydrogen-bond donors (Lipinski definition) is 0. The van der Waals surface area contributed by atoms with Gasteiger partial charge in [-0.3, -0.25) is 14.5 Å². The average molecular weight is 411 g/mol. The minimum Gasteiger partial charge on any atom is -0.441 e. The van der Waals surface area contributed by atoms with Gasteiger partial charge < -0.3 is 9.32 Å². The van der Waals surface area contributed by atoms with E-state index in [0.717, 1.165) is 43.6 Å². The van der Waals surface area contributed by atoms with Gasteiger partial charge in [0.25, 0.3) is 11.1 Å². The number of aryl methyl sites for hydroxylation is 1. The number of imide groups is 1. The standard InChI is InChI=1S/C23H26N2O3S/c26-22-20(17-19-12-13-21(28-19)24-14-6-1-2-7-15-24)29-23(27)25(22)16-8-11-18-9-4-3-5-10-18/h3-5,9-10,12-13,17H,1-2,6-8,11,14-16H2/b20-17+. The van der Waals surface area contributed by atoms with Gasteiger partial charge in [0, 0.05) is 31.8 Å². The zero-order valence-electron chi connectivity index (χ0n) is 16.5. The number of hydrogen-bond acceptors (Lipinski definition) is 5. The monoisotopic (exact) mass is 410 g/mol. The topological polar surface area (TPSA) is 53.8 Å². The number of nitrogens with zero attached hydrogens (tertiary/aromatic N) is 2. The largest absolute Gasteiger partial charge is 0.441 e. The summed E-state index contributed by atoms with van der Waals surface area (Å²) in [6.07, 6.45) is 8.19. The van der Waals surface area contributed by atoms with Crippen molar-refractivity contribution in [1.82, 2.24) is 4.90 Å². The molecule has 0 saturated carbocycles. The molecule has 0 aliphatic carbocycles. The minimum atomic E-state index is -0.221. The molecule has 5 nitrogen and oxygen atoms in total. The Morgan fingerprint density at radius 3 is 2.48 bits per heavy atom. The van der Waals surface area contributed by atoms with Gasteiger partial charge >= 0.3 is 0 Å². The second-order valence-electron chi connectivity index (χ2n) is 7.50. The quantitative estimate of drug-likeness (QED) is 0.603. The van der Waals surface area contributed by atoms with E-state index in [0.29, 0.717) is 17.2 Å². The molecule has 2 aliphatic rings. The Bertz CT molecular complexity index is 883. The maximum atomic E-state index is 12.7. The molecule has 2 fully saturated rings. The number of rotatable bonds is 6. The molecule has 2 amide bonds. The van der Waals surface area contributed by atoms with E-state index in [1.165, 1.54) is 36.1 Å². The molecule has 2 aliphatic heterocycles. The molecule has 2 aromatic rings. The molecule has 0 bridgehead atoms. The van der Waals surface area contributed by atoms with Crippen molar-refractivity contribution < 1.29 is 14.0 Å². The van der Waals surface area contributed by atoms with Crippen molar-refractivity contribution in [1.29, 1.82) is 0 Å². The highest BCUT2D eigenvalue weighted by Gasteiger charge is 2.34. The van der Waals surface area contributed by atoms with E-state index < -0.39 is 0 Å². The van der Waals surface area contributed by atoms with Gasteiger partial charge in [-0.15, -0.1) is 0 Å². The number of amides is 2. The van der Waals surface area contributed by atoms with Gasteiger partial charge in [-0.05, 0) is 49.1 Å². The van der Waals surface area contributed by atoms with Crippen molar-refractivity contribution in [3.63, 3.8) is 0 Å². The highest BCUT2D eigenvalue weighted by atomic mass is 32.2. The lowest BCUT2D eigenvalue weighted by Crippen LogP contribution is -2.29. The number of carbonyl (C=O) groups is 2. The van der Waals surface area contributed by atoms with Crippen LogP contribution in [0.3, 0.4) is 0 Å². The van der Waals surface area contributed by atoms with E-state index in [1.54, 1.807) is 6.08 Å². The first-order chi connectivity index (χ1) is 14.2. The summed E-state index contributed by atoms with van der Waals surface area (Å²) in [5.41, 5.74) is 1.21. The lowest BCUT2D eigenvalue weighted by Gasteiger charge is -2.18. The maximum Gasteiger partial charge on any atom is 0.293 e. The van der Waals surface area contributed by atoms with Crippen molar-refractivity contribution >= 4 is 34.9 Å². The van der Waals surface area contributed by atoms with Crippen LogP contribution in [-0.4, -0.2) is 35.7 Å². The smallest absolute Gasteiger partial charge is 0.293 e. The molecule has 1 aromatic heterocycles. The first-order valence-corrected chi connectivity index (χ1v) is 11.2. The Hall–Kier alpha value is -2.47. The molecule has 0 N–H and O–H groups in total. The molecular formula is C23H26N2O3S. The summed E-state index contributed by atoms with van der Waals surface area (Å²) in [4.78, 5) is 29.0. The highest BCUT2D eigenvalue weighted by Crippen LogP contribution is 2.33. The highest BCUT2D eigenvalue weighted by molar-refractivity contribution is 8.18. The van der Waals surface area contributed by atoms with Crippen LogP contribution in [0.2, 0.25) is 0 Å². The summed E-state index contributed by atoms with van der Waals surface area (Å²) in [5.74, 6) is 1.25. The first kappa shape index (κ1) is 19.8. The third-order valence-corrected chi connectivity index (χ3v) is 6.27. The fraction of sp³-hybridized carbons (Fsp3) is 0.391. The lowest BCUT2D eigenvalue weighted by molar-refractivity contribution is -0.122. The normalized spacial score (nSPS) is 19.2. The number of carbonyl (C=O) groups excluding carboxylic acids is 2. The van der Waals surface area contributed by atoms with Crippen LogP contribution < -0.4 is 4.90 Å². The SMILES string of the molecule is O=C1S/C(=C/c2ccc(N3CCCCCC3)o2)C(=O)N1CCCc1ccccc1. The molecule has 0 spiro atoms. The van der Waals surface area contributed by atoms with Crippen LogP contribution in [0, 0.1) is 0 Å². The molecule has 29 heavy (non-hydrogen) atoms. The third kappa shape index (κ3) is 4.93. The van der Waals surface area contributed by atoms with Crippen LogP contribution in [0.5, 0.6) is 0 Å². The average Bonchev–Trinajstić information content (AvgIpc) is 3.17. The van der Waals surface area contributed by atoms with E-state index >= 15 is 0 Å². The Balaban J connectivity index is 1.37. The number of furan rings is 1. The second kappa shape index (κ2) is 9.35.